The first-order chi connectivity index (χ1) is 8.22. The van der Waals surface area contributed by atoms with Crippen LogP contribution in [-0.2, 0) is 11.2 Å². The number of benzene rings is 1. The van der Waals surface area contributed by atoms with Crippen LogP contribution in [0.4, 0.5) is 0 Å². The summed E-state index contributed by atoms with van der Waals surface area (Å²) < 4.78 is 5.42. The molecular formula is C14H17NO2. The van der Waals surface area contributed by atoms with Gasteiger partial charge in [-0.1, -0.05) is 19.1 Å². The molecule has 3 atom stereocenters. The first kappa shape index (κ1) is 10.6. The average molecular weight is 231 g/mol. The molecule has 3 rings (SSSR count). The van der Waals surface area contributed by atoms with Gasteiger partial charge in [-0.3, -0.25) is 4.79 Å². The number of carbonyl (C=O) groups excluding carboxylic acids is 1. The SMILES string of the molecule is COc1cccc2c1CC[C@H]1NC(=O)[C@@H](C)[C@@H]21. The minimum absolute atomic E-state index is 0.0751. The molecule has 1 fully saturated rings. The zero-order valence-corrected chi connectivity index (χ0v) is 10.2. The van der Waals surface area contributed by atoms with Gasteiger partial charge in [0, 0.05) is 17.9 Å². The molecule has 3 heteroatoms. The molecule has 0 saturated carbocycles. The third kappa shape index (κ3) is 1.45. The number of carbonyl (C=O) groups is 1. The van der Waals surface area contributed by atoms with E-state index in [9.17, 15) is 4.79 Å². The number of methoxy groups -OCH3 is 1. The minimum Gasteiger partial charge on any atom is -0.496 e. The van der Waals surface area contributed by atoms with Crippen LogP contribution < -0.4 is 10.1 Å². The summed E-state index contributed by atoms with van der Waals surface area (Å²) in [6, 6.07) is 6.49. The second-order valence-corrected chi connectivity index (χ2v) is 5.00. The van der Waals surface area contributed by atoms with Crippen LogP contribution in [-0.4, -0.2) is 19.1 Å². The van der Waals surface area contributed by atoms with E-state index in [2.05, 4.69) is 11.4 Å². The lowest BCUT2D eigenvalue weighted by Crippen LogP contribution is -2.31. The molecule has 1 amide bonds. The molecule has 1 aliphatic carbocycles. The summed E-state index contributed by atoms with van der Waals surface area (Å²) in [5, 5.41) is 3.10. The average Bonchev–Trinajstić information content (AvgIpc) is 2.64. The zero-order valence-electron chi connectivity index (χ0n) is 10.2. The number of rotatable bonds is 1. The first-order valence-electron chi connectivity index (χ1n) is 6.18. The molecule has 1 aromatic rings. The fourth-order valence-electron chi connectivity index (χ4n) is 3.31. The van der Waals surface area contributed by atoms with E-state index in [1.165, 1.54) is 11.1 Å². The van der Waals surface area contributed by atoms with E-state index in [0.717, 1.165) is 18.6 Å². The molecule has 0 radical (unpaired) electrons. The van der Waals surface area contributed by atoms with Gasteiger partial charge in [-0.25, -0.2) is 0 Å². The topological polar surface area (TPSA) is 38.3 Å². The molecule has 0 bridgehead atoms. The van der Waals surface area contributed by atoms with Crippen molar-refractivity contribution >= 4 is 5.91 Å². The number of fused-ring (bicyclic) bond motifs is 3. The summed E-state index contributed by atoms with van der Waals surface area (Å²) in [5.74, 6) is 1.55. The maximum absolute atomic E-state index is 11.8. The number of hydrogen-bond donors (Lipinski definition) is 1. The van der Waals surface area contributed by atoms with Gasteiger partial charge in [0.1, 0.15) is 5.75 Å². The number of hydrogen-bond acceptors (Lipinski definition) is 2. The van der Waals surface area contributed by atoms with Crippen LogP contribution in [0, 0.1) is 5.92 Å². The van der Waals surface area contributed by atoms with Crippen molar-refractivity contribution in [3.05, 3.63) is 29.3 Å². The van der Waals surface area contributed by atoms with E-state index in [1.54, 1.807) is 7.11 Å². The van der Waals surface area contributed by atoms with Crippen molar-refractivity contribution in [2.75, 3.05) is 7.11 Å². The summed E-state index contributed by atoms with van der Waals surface area (Å²) in [6.45, 7) is 2.02. The summed E-state index contributed by atoms with van der Waals surface area (Å²) in [6.07, 6.45) is 2.02. The molecule has 0 unspecified atom stereocenters. The standard InChI is InChI=1S/C14H17NO2/c1-8-13-10-4-3-5-12(17-2)9(10)6-7-11(13)15-14(8)16/h3-5,8,11,13H,6-7H2,1-2H3,(H,15,16)/t8-,11+,13-/m0/s1. The molecule has 0 aromatic heterocycles. The quantitative estimate of drug-likeness (QED) is 0.801. The molecule has 2 aliphatic rings. The molecule has 1 aliphatic heterocycles. The summed E-state index contributed by atoms with van der Waals surface area (Å²) in [7, 11) is 1.71. The van der Waals surface area contributed by atoms with Crippen molar-refractivity contribution in [3.63, 3.8) is 0 Å². The third-order valence-electron chi connectivity index (χ3n) is 4.17. The number of ether oxygens (including phenoxy) is 1. The van der Waals surface area contributed by atoms with Crippen molar-refractivity contribution < 1.29 is 9.53 Å². The predicted molar refractivity (Wildman–Crippen MR) is 65.2 cm³/mol. The molecule has 90 valence electrons. The van der Waals surface area contributed by atoms with Crippen LogP contribution in [0.25, 0.3) is 0 Å². The largest absolute Gasteiger partial charge is 0.496 e. The van der Waals surface area contributed by atoms with Crippen molar-refractivity contribution in [2.24, 2.45) is 5.92 Å². The monoisotopic (exact) mass is 231 g/mol. The predicted octanol–water partition coefficient (Wildman–Crippen LogP) is 1.86. The summed E-state index contributed by atoms with van der Waals surface area (Å²) >= 11 is 0. The lowest BCUT2D eigenvalue weighted by atomic mass is 9.75. The van der Waals surface area contributed by atoms with Gasteiger partial charge in [-0.05, 0) is 30.0 Å². The fraction of sp³-hybridized carbons (Fsp3) is 0.500. The van der Waals surface area contributed by atoms with Crippen LogP contribution in [0.2, 0.25) is 0 Å². The van der Waals surface area contributed by atoms with Crippen LogP contribution in [0.15, 0.2) is 18.2 Å². The van der Waals surface area contributed by atoms with Crippen molar-refractivity contribution in [1.29, 1.82) is 0 Å². The Morgan fingerprint density at radius 1 is 1.41 bits per heavy atom. The molecule has 17 heavy (non-hydrogen) atoms. The van der Waals surface area contributed by atoms with E-state index in [4.69, 9.17) is 4.74 Å². The Hall–Kier alpha value is -1.51. The fourth-order valence-corrected chi connectivity index (χ4v) is 3.31. The van der Waals surface area contributed by atoms with Crippen LogP contribution in [0.5, 0.6) is 5.75 Å². The summed E-state index contributed by atoms with van der Waals surface area (Å²) in [5.41, 5.74) is 2.59. The van der Waals surface area contributed by atoms with E-state index in [-0.39, 0.29) is 11.8 Å². The minimum atomic E-state index is 0.0751. The van der Waals surface area contributed by atoms with Gasteiger partial charge in [-0.15, -0.1) is 0 Å². The second kappa shape index (κ2) is 3.76. The molecule has 1 N–H and O–H groups in total. The lowest BCUT2D eigenvalue weighted by molar-refractivity contribution is -0.122. The maximum Gasteiger partial charge on any atom is 0.223 e. The van der Waals surface area contributed by atoms with Gasteiger partial charge < -0.3 is 10.1 Å². The highest BCUT2D eigenvalue weighted by Crippen LogP contribution is 2.43. The molecule has 0 spiro atoms. The van der Waals surface area contributed by atoms with Crippen molar-refractivity contribution in [3.8, 4) is 5.75 Å². The van der Waals surface area contributed by atoms with Gasteiger partial charge in [-0.2, -0.15) is 0 Å². The van der Waals surface area contributed by atoms with Gasteiger partial charge >= 0.3 is 0 Å². The van der Waals surface area contributed by atoms with Crippen molar-refractivity contribution in [2.45, 2.75) is 31.7 Å². The Morgan fingerprint density at radius 3 is 3.00 bits per heavy atom. The lowest BCUT2D eigenvalue weighted by Gasteiger charge is -2.30. The molecule has 1 saturated heterocycles. The highest BCUT2D eigenvalue weighted by atomic mass is 16.5. The second-order valence-electron chi connectivity index (χ2n) is 5.00. The van der Waals surface area contributed by atoms with E-state index in [0.29, 0.717) is 12.0 Å². The number of nitrogens with one attached hydrogen (secondary N) is 1. The Morgan fingerprint density at radius 2 is 2.24 bits per heavy atom. The Kier molecular flexibility index (Phi) is 2.35. The Balaban J connectivity index is 2.09. The molecule has 1 heterocycles. The maximum atomic E-state index is 11.8. The van der Waals surface area contributed by atoms with E-state index >= 15 is 0 Å². The van der Waals surface area contributed by atoms with Gasteiger partial charge in [0.2, 0.25) is 5.91 Å². The molecule has 1 aromatic carbocycles. The van der Waals surface area contributed by atoms with E-state index in [1.807, 2.05) is 19.1 Å². The number of amides is 1. The first-order valence-corrected chi connectivity index (χ1v) is 6.18. The zero-order chi connectivity index (χ0) is 12.0. The molecular weight excluding hydrogens is 214 g/mol. The van der Waals surface area contributed by atoms with Crippen LogP contribution in [0.3, 0.4) is 0 Å². The Labute approximate surface area is 101 Å². The normalized spacial score (nSPS) is 30.5. The highest BCUT2D eigenvalue weighted by molar-refractivity contribution is 5.83. The van der Waals surface area contributed by atoms with Gasteiger partial charge in [0.05, 0.1) is 7.11 Å². The smallest absolute Gasteiger partial charge is 0.223 e. The van der Waals surface area contributed by atoms with Crippen molar-refractivity contribution in [1.82, 2.24) is 5.32 Å². The Bertz CT molecular complexity index is 469. The summed E-state index contributed by atoms with van der Waals surface area (Å²) in [4.78, 5) is 11.8. The highest BCUT2D eigenvalue weighted by Gasteiger charge is 2.43. The van der Waals surface area contributed by atoms with Crippen LogP contribution >= 0.6 is 0 Å². The van der Waals surface area contributed by atoms with Gasteiger partial charge in [0.15, 0.2) is 0 Å². The molecule has 3 nitrogen and oxygen atoms in total. The van der Waals surface area contributed by atoms with Crippen LogP contribution in [0.1, 0.15) is 30.4 Å². The van der Waals surface area contributed by atoms with E-state index < -0.39 is 0 Å². The third-order valence-corrected chi connectivity index (χ3v) is 4.17. The van der Waals surface area contributed by atoms with Gasteiger partial charge in [0.25, 0.3) is 0 Å².